The van der Waals surface area contributed by atoms with Crippen LogP contribution in [0.25, 0.3) is 0 Å². The van der Waals surface area contributed by atoms with E-state index in [2.05, 4.69) is 6.92 Å². The second kappa shape index (κ2) is 7.03. The first-order chi connectivity index (χ1) is 4.81. The van der Waals surface area contributed by atoms with Crippen LogP contribution in [0, 0.1) is 0 Å². The topological polar surface area (TPSA) is 52.0 Å². The lowest BCUT2D eigenvalue weighted by molar-refractivity contribution is 0.542. The molecule has 0 aliphatic carbocycles. The highest BCUT2D eigenvalue weighted by atomic mass is 14.6. The zero-order chi connectivity index (χ0) is 7.82. The molecule has 0 aromatic carbocycles. The van der Waals surface area contributed by atoms with Gasteiger partial charge in [0.25, 0.3) is 0 Å². The van der Waals surface area contributed by atoms with Gasteiger partial charge in [0.2, 0.25) is 0 Å². The summed E-state index contributed by atoms with van der Waals surface area (Å²) in [4.78, 5) is 0. The number of hydrogen-bond donors (Lipinski definition) is 2. The summed E-state index contributed by atoms with van der Waals surface area (Å²) in [7, 11) is 0. The van der Waals surface area contributed by atoms with E-state index in [-0.39, 0.29) is 0 Å². The van der Waals surface area contributed by atoms with Crippen LogP contribution in [0.2, 0.25) is 0 Å². The van der Waals surface area contributed by atoms with Crippen LogP contribution in [0.15, 0.2) is 0 Å². The van der Waals surface area contributed by atoms with Gasteiger partial charge < -0.3 is 11.5 Å². The molecule has 0 aliphatic heterocycles. The van der Waals surface area contributed by atoms with Gasteiger partial charge in [-0.1, -0.05) is 19.8 Å². The summed E-state index contributed by atoms with van der Waals surface area (Å²) in [6.45, 7) is 2.95. The summed E-state index contributed by atoms with van der Waals surface area (Å²) in [6.07, 6.45) is 5.89. The lowest BCUT2D eigenvalue weighted by atomic mass is 10.1. The summed E-state index contributed by atoms with van der Waals surface area (Å²) >= 11 is 0. The molecule has 0 fully saturated rings. The van der Waals surface area contributed by atoms with Crippen molar-refractivity contribution in [1.29, 1.82) is 0 Å². The highest BCUT2D eigenvalue weighted by Crippen LogP contribution is 2.02. The molecule has 4 N–H and O–H groups in total. The maximum absolute atomic E-state index is 5.72. The second-order valence-electron chi connectivity index (χ2n) is 2.81. The van der Waals surface area contributed by atoms with Gasteiger partial charge in [-0.25, -0.2) is 0 Å². The summed E-state index contributed by atoms with van der Waals surface area (Å²) in [5, 5.41) is 0. The van der Waals surface area contributed by atoms with E-state index in [1.165, 1.54) is 12.8 Å². The summed E-state index contributed by atoms with van der Waals surface area (Å²) in [6, 6.07) is 0.415. The molecule has 0 amide bonds. The third-order valence-electron chi connectivity index (χ3n) is 1.80. The smallest absolute Gasteiger partial charge is 0.00362 e. The fourth-order valence-electron chi connectivity index (χ4n) is 0.932. The zero-order valence-electron chi connectivity index (χ0n) is 6.97. The lowest BCUT2D eigenvalue weighted by Crippen LogP contribution is -2.18. The molecular formula is C8H20N2. The minimum atomic E-state index is 0.415. The molecule has 0 aliphatic rings. The number of rotatable bonds is 6. The van der Waals surface area contributed by atoms with Crippen molar-refractivity contribution in [3.8, 4) is 0 Å². The van der Waals surface area contributed by atoms with Gasteiger partial charge in [-0.15, -0.1) is 0 Å². The molecule has 62 valence electrons. The molecule has 2 heteroatoms. The first kappa shape index (κ1) is 9.92. The van der Waals surface area contributed by atoms with Crippen molar-refractivity contribution in [2.75, 3.05) is 6.54 Å². The van der Waals surface area contributed by atoms with E-state index in [9.17, 15) is 0 Å². The maximum Gasteiger partial charge on any atom is 0.00362 e. The summed E-state index contributed by atoms with van der Waals surface area (Å²) in [5.41, 5.74) is 11.1. The second-order valence-corrected chi connectivity index (χ2v) is 2.81. The Morgan fingerprint density at radius 1 is 1.20 bits per heavy atom. The standard InChI is InChI=1S/C8H20N2/c1-2-8(10)6-4-3-5-7-9/h8H,2-7,9-10H2,1H3/t8-/m1/s1. The quantitative estimate of drug-likeness (QED) is 0.551. The Labute approximate surface area is 64.0 Å². The van der Waals surface area contributed by atoms with Crippen molar-refractivity contribution < 1.29 is 0 Å². The predicted octanol–water partition coefficient (Wildman–Crippen LogP) is 1.24. The monoisotopic (exact) mass is 144 g/mol. The Bertz CT molecular complexity index is 64.3. The fraction of sp³-hybridized carbons (Fsp3) is 1.00. The minimum absolute atomic E-state index is 0.415. The van der Waals surface area contributed by atoms with Crippen LogP contribution in [0.1, 0.15) is 39.0 Å². The van der Waals surface area contributed by atoms with Gasteiger partial charge in [0.1, 0.15) is 0 Å². The Morgan fingerprint density at radius 2 is 1.90 bits per heavy atom. The normalized spacial score (nSPS) is 13.5. The van der Waals surface area contributed by atoms with E-state index in [1.807, 2.05) is 0 Å². The molecule has 0 spiro atoms. The average Bonchev–Trinajstić information content (AvgIpc) is 1.98. The highest BCUT2D eigenvalue weighted by Gasteiger charge is 1.96. The Kier molecular flexibility index (Phi) is 6.98. The van der Waals surface area contributed by atoms with Gasteiger partial charge in [-0.2, -0.15) is 0 Å². The Balaban J connectivity index is 2.89. The number of unbranched alkanes of at least 4 members (excludes halogenated alkanes) is 2. The van der Waals surface area contributed by atoms with E-state index >= 15 is 0 Å². The molecular weight excluding hydrogens is 124 g/mol. The highest BCUT2D eigenvalue weighted by molar-refractivity contribution is 4.57. The largest absolute Gasteiger partial charge is 0.330 e. The molecule has 0 rings (SSSR count). The van der Waals surface area contributed by atoms with E-state index in [1.54, 1.807) is 0 Å². The van der Waals surface area contributed by atoms with Gasteiger partial charge in [-0.05, 0) is 25.8 Å². The fourth-order valence-corrected chi connectivity index (χ4v) is 0.932. The SMILES string of the molecule is CC[C@@H](N)CCCCCN. The van der Waals surface area contributed by atoms with Crippen LogP contribution in [-0.2, 0) is 0 Å². The van der Waals surface area contributed by atoms with Gasteiger partial charge >= 0.3 is 0 Å². The zero-order valence-corrected chi connectivity index (χ0v) is 6.97. The third-order valence-corrected chi connectivity index (χ3v) is 1.80. The number of nitrogens with two attached hydrogens (primary N) is 2. The van der Waals surface area contributed by atoms with Crippen LogP contribution in [0.5, 0.6) is 0 Å². The van der Waals surface area contributed by atoms with Crippen LogP contribution in [0.4, 0.5) is 0 Å². The minimum Gasteiger partial charge on any atom is -0.330 e. The predicted molar refractivity (Wildman–Crippen MR) is 45.8 cm³/mol. The van der Waals surface area contributed by atoms with Crippen LogP contribution >= 0.6 is 0 Å². The first-order valence-corrected chi connectivity index (χ1v) is 4.27. The van der Waals surface area contributed by atoms with Crippen molar-refractivity contribution >= 4 is 0 Å². The molecule has 0 unspecified atom stereocenters. The molecule has 0 bridgehead atoms. The van der Waals surface area contributed by atoms with Crippen molar-refractivity contribution in [1.82, 2.24) is 0 Å². The first-order valence-electron chi connectivity index (χ1n) is 4.27. The van der Waals surface area contributed by atoms with Crippen molar-refractivity contribution in [2.24, 2.45) is 11.5 Å². The van der Waals surface area contributed by atoms with E-state index in [0.29, 0.717) is 6.04 Å². The molecule has 0 aromatic heterocycles. The van der Waals surface area contributed by atoms with Crippen molar-refractivity contribution in [3.05, 3.63) is 0 Å². The Morgan fingerprint density at radius 3 is 2.40 bits per heavy atom. The van der Waals surface area contributed by atoms with Crippen molar-refractivity contribution in [3.63, 3.8) is 0 Å². The van der Waals surface area contributed by atoms with Gasteiger partial charge in [-0.3, -0.25) is 0 Å². The molecule has 1 atom stereocenters. The molecule has 0 radical (unpaired) electrons. The van der Waals surface area contributed by atoms with Crippen LogP contribution < -0.4 is 11.5 Å². The maximum atomic E-state index is 5.72. The number of hydrogen-bond acceptors (Lipinski definition) is 2. The molecule has 0 saturated carbocycles. The van der Waals surface area contributed by atoms with Gasteiger partial charge in [0.05, 0.1) is 0 Å². The lowest BCUT2D eigenvalue weighted by Gasteiger charge is -2.06. The summed E-state index contributed by atoms with van der Waals surface area (Å²) in [5.74, 6) is 0. The molecule has 0 saturated heterocycles. The van der Waals surface area contributed by atoms with Crippen LogP contribution in [0.3, 0.4) is 0 Å². The third kappa shape index (κ3) is 6.05. The molecule has 0 heterocycles. The molecule has 10 heavy (non-hydrogen) atoms. The van der Waals surface area contributed by atoms with Crippen molar-refractivity contribution in [2.45, 2.75) is 45.1 Å². The Hall–Kier alpha value is -0.0800. The molecule has 2 nitrogen and oxygen atoms in total. The van der Waals surface area contributed by atoms with Crippen LogP contribution in [-0.4, -0.2) is 12.6 Å². The van der Waals surface area contributed by atoms with E-state index < -0.39 is 0 Å². The van der Waals surface area contributed by atoms with Gasteiger partial charge in [0, 0.05) is 6.04 Å². The van der Waals surface area contributed by atoms with Gasteiger partial charge in [0.15, 0.2) is 0 Å². The molecule has 0 aromatic rings. The average molecular weight is 144 g/mol. The van der Waals surface area contributed by atoms with E-state index in [0.717, 1.165) is 25.8 Å². The van der Waals surface area contributed by atoms with E-state index in [4.69, 9.17) is 11.5 Å². The summed E-state index contributed by atoms with van der Waals surface area (Å²) < 4.78 is 0.